The summed E-state index contributed by atoms with van der Waals surface area (Å²) in [7, 11) is 0. The second-order valence-electron chi connectivity index (χ2n) is 6.48. The summed E-state index contributed by atoms with van der Waals surface area (Å²) < 4.78 is 18.9. The smallest absolute Gasteiger partial charge is 0.227 e. The summed E-state index contributed by atoms with van der Waals surface area (Å²) in [6, 6.07) is 12.2. The molecule has 3 aromatic rings. The fraction of sp³-hybridized carbons (Fsp3) is 0.286. The summed E-state index contributed by atoms with van der Waals surface area (Å²) in [5.74, 6) is 0.309. The van der Waals surface area contributed by atoms with Crippen LogP contribution in [0.2, 0.25) is 5.02 Å². The summed E-state index contributed by atoms with van der Waals surface area (Å²) in [4.78, 5) is 18.6. The van der Waals surface area contributed by atoms with Crippen molar-refractivity contribution in [3.8, 4) is 11.4 Å². The molecule has 7 heteroatoms. The summed E-state index contributed by atoms with van der Waals surface area (Å²) in [5.41, 5.74) is 2.00. The molecule has 3 rings (SSSR count). The summed E-state index contributed by atoms with van der Waals surface area (Å²) >= 11 is 6.19. The van der Waals surface area contributed by atoms with E-state index in [1.807, 2.05) is 31.2 Å². The van der Waals surface area contributed by atoms with Gasteiger partial charge in [-0.25, -0.2) is 4.39 Å². The summed E-state index contributed by atoms with van der Waals surface area (Å²) in [6.45, 7) is 4.63. The van der Waals surface area contributed by atoms with E-state index in [4.69, 9.17) is 16.1 Å². The quantitative estimate of drug-likeness (QED) is 0.569. The van der Waals surface area contributed by atoms with Gasteiger partial charge in [0, 0.05) is 36.5 Å². The van der Waals surface area contributed by atoms with Gasteiger partial charge in [0.15, 0.2) is 0 Å². The van der Waals surface area contributed by atoms with E-state index in [0.717, 1.165) is 5.56 Å². The maximum atomic E-state index is 13.7. The van der Waals surface area contributed by atoms with Gasteiger partial charge in [-0.2, -0.15) is 4.98 Å². The van der Waals surface area contributed by atoms with E-state index in [-0.39, 0.29) is 18.1 Å². The molecule has 0 unspecified atom stereocenters. The Morgan fingerprint density at radius 1 is 1.25 bits per heavy atom. The molecule has 0 spiro atoms. The number of hydrogen-bond donors (Lipinski definition) is 0. The number of aromatic nitrogens is 2. The average Bonchev–Trinajstić information content (AvgIpc) is 3.16. The van der Waals surface area contributed by atoms with Crippen molar-refractivity contribution in [2.24, 2.45) is 0 Å². The minimum absolute atomic E-state index is 0.0245. The molecule has 0 radical (unpaired) electrons. The highest BCUT2D eigenvalue weighted by atomic mass is 35.5. The van der Waals surface area contributed by atoms with Gasteiger partial charge in [0.1, 0.15) is 5.82 Å². The molecule has 0 aliphatic carbocycles. The van der Waals surface area contributed by atoms with Gasteiger partial charge in [-0.05, 0) is 37.1 Å². The third-order valence-corrected chi connectivity index (χ3v) is 4.87. The lowest BCUT2D eigenvalue weighted by Gasteiger charge is -2.21. The highest BCUT2D eigenvalue weighted by molar-refractivity contribution is 6.31. The Morgan fingerprint density at radius 3 is 2.75 bits per heavy atom. The van der Waals surface area contributed by atoms with Crippen LogP contribution in [0.15, 0.2) is 47.0 Å². The zero-order valence-corrected chi connectivity index (χ0v) is 16.5. The van der Waals surface area contributed by atoms with Gasteiger partial charge in [-0.1, -0.05) is 47.1 Å². The van der Waals surface area contributed by atoms with Crippen LogP contribution >= 0.6 is 11.6 Å². The van der Waals surface area contributed by atoms with Crippen molar-refractivity contribution in [3.63, 3.8) is 0 Å². The van der Waals surface area contributed by atoms with Gasteiger partial charge in [-0.15, -0.1) is 0 Å². The van der Waals surface area contributed by atoms with Crippen molar-refractivity contribution in [1.29, 1.82) is 0 Å². The largest absolute Gasteiger partial charge is 0.339 e. The van der Waals surface area contributed by atoms with Crippen LogP contribution in [0.25, 0.3) is 11.4 Å². The van der Waals surface area contributed by atoms with Crippen LogP contribution in [-0.4, -0.2) is 27.5 Å². The Kier molecular flexibility index (Phi) is 6.41. The molecule has 5 nitrogen and oxygen atoms in total. The van der Waals surface area contributed by atoms with Crippen LogP contribution in [0, 0.1) is 12.7 Å². The minimum Gasteiger partial charge on any atom is -0.339 e. The Morgan fingerprint density at radius 2 is 2.04 bits per heavy atom. The minimum atomic E-state index is -0.322. The van der Waals surface area contributed by atoms with Crippen LogP contribution in [0.4, 0.5) is 4.39 Å². The second kappa shape index (κ2) is 8.97. The number of carbonyl (C=O) groups is 1. The van der Waals surface area contributed by atoms with E-state index >= 15 is 0 Å². The van der Waals surface area contributed by atoms with Crippen molar-refractivity contribution in [2.45, 2.75) is 33.2 Å². The SMILES string of the molecule is CCN(Cc1ccccc1Cl)C(=O)CCc1nc(-c2ccc(C)c(F)c2)no1. The lowest BCUT2D eigenvalue weighted by Crippen LogP contribution is -2.30. The topological polar surface area (TPSA) is 59.2 Å². The number of nitrogens with zero attached hydrogens (tertiary/aromatic N) is 3. The normalized spacial score (nSPS) is 10.9. The average molecular weight is 402 g/mol. The molecule has 0 atom stereocenters. The third kappa shape index (κ3) is 4.75. The van der Waals surface area contributed by atoms with Crippen LogP contribution < -0.4 is 0 Å². The lowest BCUT2D eigenvalue weighted by atomic mass is 10.1. The number of carbonyl (C=O) groups excluding carboxylic acids is 1. The molecule has 0 fully saturated rings. The van der Waals surface area contributed by atoms with E-state index in [2.05, 4.69) is 10.1 Å². The van der Waals surface area contributed by atoms with Gasteiger partial charge in [-0.3, -0.25) is 4.79 Å². The third-order valence-electron chi connectivity index (χ3n) is 4.50. The van der Waals surface area contributed by atoms with Crippen LogP contribution in [0.3, 0.4) is 0 Å². The van der Waals surface area contributed by atoms with E-state index < -0.39 is 0 Å². The maximum Gasteiger partial charge on any atom is 0.227 e. The van der Waals surface area contributed by atoms with Crippen LogP contribution in [-0.2, 0) is 17.8 Å². The number of benzene rings is 2. The van der Waals surface area contributed by atoms with Crippen molar-refractivity contribution in [2.75, 3.05) is 6.54 Å². The van der Waals surface area contributed by atoms with Crippen LogP contribution in [0.5, 0.6) is 0 Å². The van der Waals surface area contributed by atoms with Gasteiger partial charge in [0.2, 0.25) is 17.6 Å². The molecule has 0 saturated heterocycles. The predicted octanol–water partition coefficient (Wildman–Crippen LogP) is 4.82. The first kappa shape index (κ1) is 20.0. The number of hydrogen-bond acceptors (Lipinski definition) is 4. The Labute approximate surface area is 168 Å². The Balaban J connectivity index is 1.61. The molecule has 2 aromatic carbocycles. The number of aryl methyl sites for hydroxylation is 2. The molecular formula is C21H21ClFN3O2. The Hall–Kier alpha value is -2.73. The number of rotatable bonds is 7. The molecule has 0 saturated carbocycles. The lowest BCUT2D eigenvalue weighted by molar-refractivity contribution is -0.131. The second-order valence-corrected chi connectivity index (χ2v) is 6.88. The van der Waals surface area contributed by atoms with Crippen LogP contribution in [0.1, 0.15) is 30.4 Å². The van der Waals surface area contributed by atoms with E-state index in [0.29, 0.717) is 47.4 Å². The first-order valence-corrected chi connectivity index (χ1v) is 9.46. The standard InChI is InChI=1S/C21H21ClFN3O2/c1-3-26(13-16-6-4-5-7-17(16)22)20(27)11-10-19-24-21(25-28-19)15-9-8-14(2)18(23)12-15/h4-9,12H,3,10-11,13H2,1-2H3. The zero-order valence-electron chi connectivity index (χ0n) is 15.8. The monoisotopic (exact) mass is 401 g/mol. The van der Waals surface area contributed by atoms with Crippen molar-refractivity contribution in [1.82, 2.24) is 15.0 Å². The number of halogens is 2. The fourth-order valence-corrected chi connectivity index (χ4v) is 2.98. The van der Waals surface area contributed by atoms with E-state index in [1.54, 1.807) is 24.0 Å². The molecule has 146 valence electrons. The molecule has 1 heterocycles. The molecule has 0 N–H and O–H groups in total. The summed E-state index contributed by atoms with van der Waals surface area (Å²) in [5, 5.41) is 4.52. The Bertz CT molecular complexity index is 974. The van der Waals surface area contributed by atoms with Crippen molar-refractivity contribution in [3.05, 3.63) is 70.3 Å². The highest BCUT2D eigenvalue weighted by Gasteiger charge is 2.16. The molecular weight excluding hydrogens is 381 g/mol. The maximum absolute atomic E-state index is 13.7. The van der Waals surface area contributed by atoms with Gasteiger partial charge in [0.25, 0.3) is 0 Å². The first-order chi connectivity index (χ1) is 13.5. The molecule has 0 aliphatic rings. The molecule has 0 aliphatic heterocycles. The van der Waals surface area contributed by atoms with Gasteiger partial charge in [0.05, 0.1) is 0 Å². The number of amides is 1. The molecule has 0 bridgehead atoms. The van der Waals surface area contributed by atoms with Crippen molar-refractivity contribution >= 4 is 17.5 Å². The van der Waals surface area contributed by atoms with Gasteiger partial charge < -0.3 is 9.42 Å². The zero-order chi connectivity index (χ0) is 20.1. The van der Waals surface area contributed by atoms with E-state index in [9.17, 15) is 9.18 Å². The van der Waals surface area contributed by atoms with Crippen molar-refractivity contribution < 1.29 is 13.7 Å². The molecule has 1 amide bonds. The highest BCUT2D eigenvalue weighted by Crippen LogP contribution is 2.20. The van der Waals surface area contributed by atoms with Gasteiger partial charge >= 0.3 is 0 Å². The van der Waals surface area contributed by atoms with E-state index in [1.165, 1.54) is 6.07 Å². The summed E-state index contributed by atoms with van der Waals surface area (Å²) in [6.07, 6.45) is 0.557. The molecule has 28 heavy (non-hydrogen) atoms. The first-order valence-electron chi connectivity index (χ1n) is 9.08. The molecule has 1 aromatic heterocycles. The fourth-order valence-electron chi connectivity index (χ4n) is 2.79. The predicted molar refractivity (Wildman–Crippen MR) is 105 cm³/mol.